The van der Waals surface area contributed by atoms with E-state index >= 15 is 0 Å². The standard InChI is InChI=1S/C20H24N4O3S/c1-3-13(2)21-19(27)15-7-4-5-8-16(15)23-17(25)11-14-12-28-20(22-14)24-10-6-9-18(24)26/h4-5,7-8,12-13H,3,6,9-11H2,1-2H3,(H,21,27)(H,23,25). The normalized spacial score (nSPS) is 14.8. The third-order valence-corrected chi connectivity index (χ3v) is 5.53. The Kier molecular flexibility index (Phi) is 6.41. The first-order valence-electron chi connectivity index (χ1n) is 9.42. The summed E-state index contributed by atoms with van der Waals surface area (Å²) in [6.07, 6.45) is 2.29. The second kappa shape index (κ2) is 8.97. The summed E-state index contributed by atoms with van der Waals surface area (Å²) < 4.78 is 0. The number of carbonyl (C=O) groups is 3. The highest BCUT2D eigenvalue weighted by atomic mass is 32.1. The maximum Gasteiger partial charge on any atom is 0.253 e. The minimum atomic E-state index is -0.256. The molecule has 0 bridgehead atoms. The van der Waals surface area contributed by atoms with E-state index in [0.29, 0.717) is 35.0 Å². The molecule has 28 heavy (non-hydrogen) atoms. The largest absolute Gasteiger partial charge is 0.350 e. The van der Waals surface area contributed by atoms with E-state index in [1.54, 1.807) is 34.5 Å². The summed E-state index contributed by atoms with van der Waals surface area (Å²) >= 11 is 1.37. The predicted octanol–water partition coefficient (Wildman–Crippen LogP) is 2.98. The van der Waals surface area contributed by atoms with E-state index < -0.39 is 0 Å². The van der Waals surface area contributed by atoms with Crippen LogP contribution >= 0.6 is 11.3 Å². The van der Waals surface area contributed by atoms with Gasteiger partial charge in [0, 0.05) is 24.4 Å². The molecule has 0 radical (unpaired) electrons. The van der Waals surface area contributed by atoms with Gasteiger partial charge in [-0.15, -0.1) is 11.3 Å². The molecule has 2 aromatic rings. The SMILES string of the molecule is CCC(C)NC(=O)c1ccccc1NC(=O)Cc1csc(N2CCCC2=O)n1. The number of hydrogen-bond donors (Lipinski definition) is 2. The van der Waals surface area contributed by atoms with Gasteiger partial charge < -0.3 is 10.6 Å². The summed E-state index contributed by atoms with van der Waals surface area (Å²) in [4.78, 5) is 42.8. The van der Waals surface area contributed by atoms with Gasteiger partial charge in [0.1, 0.15) is 0 Å². The topological polar surface area (TPSA) is 91.4 Å². The van der Waals surface area contributed by atoms with Crippen LogP contribution in [0, 0.1) is 0 Å². The number of rotatable bonds is 7. The second-order valence-corrected chi connectivity index (χ2v) is 7.66. The Morgan fingerprint density at radius 2 is 2.11 bits per heavy atom. The van der Waals surface area contributed by atoms with E-state index in [9.17, 15) is 14.4 Å². The Hall–Kier alpha value is -2.74. The Bertz CT molecular complexity index is 880. The van der Waals surface area contributed by atoms with Gasteiger partial charge in [-0.25, -0.2) is 4.98 Å². The van der Waals surface area contributed by atoms with E-state index in [1.807, 2.05) is 13.8 Å². The molecule has 1 aromatic carbocycles. The second-order valence-electron chi connectivity index (χ2n) is 6.82. The zero-order valence-corrected chi connectivity index (χ0v) is 16.8. The maximum atomic E-state index is 12.5. The fourth-order valence-corrected chi connectivity index (χ4v) is 3.77. The lowest BCUT2D eigenvalue weighted by atomic mass is 10.1. The quantitative estimate of drug-likeness (QED) is 0.747. The van der Waals surface area contributed by atoms with Crippen LogP contribution in [0.15, 0.2) is 29.6 Å². The lowest BCUT2D eigenvalue weighted by Crippen LogP contribution is -2.32. The monoisotopic (exact) mass is 400 g/mol. The lowest BCUT2D eigenvalue weighted by Gasteiger charge is -2.14. The van der Waals surface area contributed by atoms with Gasteiger partial charge in [0.15, 0.2) is 5.13 Å². The van der Waals surface area contributed by atoms with Crippen molar-refractivity contribution >= 4 is 39.9 Å². The first kappa shape index (κ1) is 20.0. The van der Waals surface area contributed by atoms with Crippen LogP contribution in [0.3, 0.4) is 0 Å². The molecule has 3 rings (SSSR count). The van der Waals surface area contributed by atoms with E-state index in [4.69, 9.17) is 0 Å². The van der Waals surface area contributed by atoms with Crippen molar-refractivity contribution in [2.24, 2.45) is 0 Å². The average Bonchev–Trinajstić information content (AvgIpc) is 3.30. The number of nitrogens with one attached hydrogen (secondary N) is 2. The Labute approximate surface area is 168 Å². The van der Waals surface area contributed by atoms with Crippen LogP contribution in [0.4, 0.5) is 10.8 Å². The Morgan fingerprint density at radius 1 is 1.32 bits per heavy atom. The Morgan fingerprint density at radius 3 is 2.82 bits per heavy atom. The summed E-state index contributed by atoms with van der Waals surface area (Å²) in [6.45, 7) is 4.61. The minimum absolute atomic E-state index is 0.0537. The van der Waals surface area contributed by atoms with Crippen molar-refractivity contribution in [3.63, 3.8) is 0 Å². The molecule has 0 aliphatic carbocycles. The number of carbonyl (C=O) groups excluding carboxylic acids is 3. The van der Waals surface area contributed by atoms with E-state index in [2.05, 4.69) is 15.6 Å². The molecular formula is C20H24N4O3S. The van der Waals surface area contributed by atoms with Gasteiger partial charge >= 0.3 is 0 Å². The highest BCUT2D eigenvalue weighted by molar-refractivity contribution is 7.14. The van der Waals surface area contributed by atoms with Crippen molar-refractivity contribution in [2.45, 2.75) is 45.6 Å². The van der Waals surface area contributed by atoms with Gasteiger partial charge in [0.25, 0.3) is 5.91 Å². The zero-order chi connectivity index (χ0) is 20.1. The number of hydrogen-bond acceptors (Lipinski definition) is 5. The van der Waals surface area contributed by atoms with E-state index in [1.165, 1.54) is 11.3 Å². The molecule has 1 saturated heterocycles. The van der Waals surface area contributed by atoms with Crippen molar-refractivity contribution in [1.82, 2.24) is 10.3 Å². The Balaban J connectivity index is 1.65. The van der Waals surface area contributed by atoms with Crippen molar-refractivity contribution in [3.8, 4) is 0 Å². The summed E-state index contributed by atoms with van der Waals surface area (Å²) in [7, 11) is 0. The first-order valence-corrected chi connectivity index (χ1v) is 10.3. The molecule has 148 valence electrons. The van der Waals surface area contributed by atoms with Crippen molar-refractivity contribution in [2.75, 3.05) is 16.8 Å². The van der Waals surface area contributed by atoms with Crippen LogP contribution in [-0.2, 0) is 16.0 Å². The van der Waals surface area contributed by atoms with Crippen molar-refractivity contribution in [3.05, 3.63) is 40.9 Å². The van der Waals surface area contributed by atoms with Crippen molar-refractivity contribution in [1.29, 1.82) is 0 Å². The summed E-state index contributed by atoms with van der Waals surface area (Å²) in [5, 5.41) is 8.14. The molecule has 1 atom stereocenters. The minimum Gasteiger partial charge on any atom is -0.350 e. The highest BCUT2D eigenvalue weighted by Gasteiger charge is 2.24. The zero-order valence-electron chi connectivity index (χ0n) is 16.0. The molecule has 1 aliphatic rings. The first-order chi connectivity index (χ1) is 13.5. The van der Waals surface area contributed by atoms with Crippen LogP contribution in [0.25, 0.3) is 0 Å². The van der Waals surface area contributed by atoms with Gasteiger partial charge in [-0.1, -0.05) is 19.1 Å². The average molecular weight is 401 g/mol. The summed E-state index contributed by atoms with van der Waals surface area (Å²) in [5.41, 5.74) is 1.51. The smallest absolute Gasteiger partial charge is 0.253 e. The van der Waals surface area contributed by atoms with Gasteiger partial charge in [0.05, 0.1) is 23.4 Å². The molecule has 7 nitrogen and oxygen atoms in total. The number of anilines is 2. The summed E-state index contributed by atoms with van der Waals surface area (Å²) in [6, 6.07) is 6.99. The number of thiazole rings is 1. The fraction of sp³-hybridized carbons (Fsp3) is 0.400. The third kappa shape index (κ3) is 4.75. The number of benzene rings is 1. The van der Waals surface area contributed by atoms with Crippen LogP contribution in [0.1, 0.15) is 49.2 Å². The molecule has 2 N–H and O–H groups in total. The van der Waals surface area contributed by atoms with Gasteiger partial charge in [-0.05, 0) is 31.9 Å². The molecule has 2 heterocycles. The van der Waals surface area contributed by atoms with Gasteiger partial charge in [-0.2, -0.15) is 0 Å². The number of para-hydroxylation sites is 1. The van der Waals surface area contributed by atoms with Crippen LogP contribution in [0.2, 0.25) is 0 Å². The molecule has 1 unspecified atom stereocenters. The maximum absolute atomic E-state index is 12.5. The molecular weight excluding hydrogens is 376 g/mol. The molecule has 1 aromatic heterocycles. The van der Waals surface area contributed by atoms with Crippen LogP contribution < -0.4 is 15.5 Å². The summed E-state index contributed by atoms with van der Waals surface area (Å²) in [5.74, 6) is -0.395. The van der Waals surface area contributed by atoms with Gasteiger partial charge in [-0.3, -0.25) is 19.3 Å². The predicted molar refractivity (Wildman–Crippen MR) is 110 cm³/mol. The van der Waals surface area contributed by atoms with E-state index in [0.717, 1.165) is 12.8 Å². The number of aromatic nitrogens is 1. The van der Waals surface area contributed by atoms with Crippen molar-refractivity contribution < 1.29 is 14.4 Å². The van der Waals surface area contributed by atoms with Gasteiger partial charge in [0.2, 0.25) is 11.8 Å². The lowest BCUT2D eigenvalue weighted by molar-refractivity contribution is -0.117. The van der Waals surface area contributed by atoms with Crippen LogP contribution in [-0.4, -0.2) is 35.3 Å². The molecule has 1 aliphatic heterocycles. The molecule has 0 spiro atoms. The van der Waals surface area contributed by atoms with Crippen LogP contribution in [0.5, 0.6) is 0 Å². The molecule has 0 saturated carbocycles. The van der Waals surface area contributed by atoms with E-state index in [-0.39, 0.29) is 30.2 Å². The molecule has 1 fully saturated rings. The molecule has 3 amide bonds. The number of amides is 3. The highest BCUT2D eigenvalue weighted by Crippen LogP contribution is 2.25. The molecule has 8 heteroatoms. The number of nitrogens with zero attached hydrogens (tertiary/aromatic N) is 2. The third-order valence-electron chi connectivity index (χ3n) is 4.62. The fourth-order valence-electron chi connectivity index (χ4n) is 2.90.